The average molecular weight is 295 g/mol. The van der Waals surface area contributed by atoms with Crippen LogP contribution in [0.15, 0.2) is 0 Å². The fourth-order valence-corrected chi connectivity index (χ4v) is 2.25. The molecule has 0 heterocycles. The number of carbonyl (C=O) groups is 1. The number of nitrogens with one attached hydrogen (secondary N) is 1. The highest BCUT2D eigenvalue weighted by Gasteiger charge is 2.15. The van der Waals surface area contributed by atoms with E-state index in [1.54, 1.807) is 0 Å². The first-order valence-corrected chi connectivity index (χ1v) is 6.46. The van der Waals surface area contributed by atoms with E-state index in [4.69, 9.17) is 5.73 Å². The van der Waals surface area contributed by atoms with Crippen LogP contribution in [-0.2, 0) is 4.79 Å². The fraction of sp³-hybridized carbons (Fsp3) is 0.800. The number of Topliss-reactive ketones (excluding diaryl/α,β-unsaturated/α-hetero) is 1. The van der Waals surface area contributed by atoms with Gasteiger partial charge in [-0.2, -0.15) is 0 Å². The van der Waals surface area contributed by atoms with Crippen molar-refractivity contribution in [3.05, 3.63) is 0 Å². The van der Waals surface area contributed by atoms with Gasteiger partial charge in [0.25, 0.3) is 0 Å². The van der Waals surface area contributed by atoms with Crippen molar-refractivity contribution in [3.63, 3.8) is 0 Å². The summed E-state index contributed by atoms with van der Waals surface area (Å²) in [6.45, 7) is 4.88. The van der Waals surface area contributed by atoms with E-state index >= 15 is 0 Å². The lowest BCUT2D eigenvalue weighted by molar-refractivity contribution is -0.118. The molecule has 0 saturated heterocycles. The lowest BCUT2D eigenvalue weighted by Crippen LogP contribution is -2.30. The van der Waals surface area contributed by atoms with E-state index in [1.807, 2.05) is 0 Å². The van der Waals surface area contributed by atoms with Crippen LogP contribution in [0.5, 0.6) is 0 Å². The average Bonchev–Trinajstić information content (AvgIpc) is 2.10. The van der Waals surface area contributed by atoms with Crippen LogP contribution in [0.4, 0.5) is 0 Å². The standard InChI is InChI=1S/C10H19BrN2OS/c1-7(2)6-8(11)9(14)4-3-5-13-10(12)15/h7-8H,3-6H2,1-2H3,(H3,12,13,15). The Kier molecular flexibility index (Phi) is 7.96. The Bertz CT molecular complexity index is 221. The summed E-state index contributed by atoms with van der Waals surface area (Å²) in [4.78, 5) is 11.6. The largest absolute Gasteiger partial charge is 0.376 e. The first-order valence-electron chi connectivity index (χ1n) is 5.13. The molecule has 0 aliphatic heterocycles. The van der Waals surface area contributed by atoms with Gasteiger partial charge in [0.2, 0.25) is 0 Å². The van der Waals surface area contributed by atoms with Crippen molar-refractivity contribution < 1.29 is 4.79 Å². The molecule has 0 fully saturated rings. The van der Waals surface area contributed by atoms with Gasteiger partial charge < -0.3 is 11.1 Å². The molecule has 3 N–H and O–H groups in total. The van der Waals surface area contributed by atoms with Gasteiger partial charge in [0, 0.05) is 13.0 Å². The van der Waals surface area contributed by atoms with Crippen molar-refractivity contribution in [2.75, 3.05) is 6.54 Å². The van der Waals surface area contributed by atoms with Gasteiger partial charge >= 0.3 is 0 Å². The van der Waals surface area contributed by atoms with Gasteiger partial charge in [-0.05, 0) is 31.0 Å². The maximum Gasteiger partial charge on any atom is 0.163 e. The molecule has 1 atom stereocenters. The van der Waals surface area contributed by atoms with E-state index in [-0.39, 0.29) is 10.6 Å². The molecule has 0 aromatic rings. The number of hydrogen-bond acceptors (Lipinski definition) is 2. The summed E-state index contributed by atoms with van der Waals surface area (Å²) in [5, 5.41) is 3.11. The number of ketones is 1. The summed E-state index contributed by atoms with van der Waals surface area (Å²) >= 11 is 8.06. The van der Waals surface area contributed by atoms with Crippen molar-refractivity contribution in [2.45, 2.75) is 37.9 Å². The number of alkyl halides is 1. The minimum Gasteiger partial charge on any atom is -0.376 e. The lowest BCUT2D eigenvalue weighted by atomic mass is 10.0. The van der Waals surface area contributed by atoms with Crippen molar-refractivity contribution >= 4 is 39.0 Å². The first kappa shape index (κ1) is 14.8. The maximum absolute atomic E-state index is 11.6. The van der Waals surface area contributed by atoms with Gasteiger partial charge in [-0.25, -0.2) is 0 Å². The molecule has 3 nitrogen and oxygen atoms in total. The molecule has 5 heteroatoms. The van der Waals surface area contributed by atoms with E-state index in [1.165, 1.54) is 0 Å². The van der Waals surface area contributed by atoms with Crippen LogP contribution in [0.3, 0.4) is 0 Å². The maximum atomic E-state index is 11.6. The van der Waals surface area contributed by atoms with Crippen molar-refractivity contribution in [1.82, 2.24) is 5.32 Å². The van der Waals surface area contributed by atoms with Crippen molar-refractivity contribution in [3.8, 4) is 0 Å². The molecule has 0 radical (unpaired) electrons. The Morgan fingerprint density at radius 2 is 2.13 bits per heavy atom. The lowest BCUT2D eigenvalue weighted by Gasteiger charge is -2.11. The summed E-state index contributed by atoms with van der Waals surface area (Å²) in [7, 11) is 0. The van der Waals surface area contributed by atoms with Crippen LogP contribution in [0.1, 0.15) is 33.1 Å². The molecule has 0 aromatic heterocycles. The Balaban J connectivity index is 3.60. The van der Waals surface area contributed by atoms with Gasteiger partial charge in [0.05, 0.1) is 4.83 Å². The summed E-state index contributed by atoms with van der Waals surface area (Å²) < 4.78 is 0. The van der Waals surface area contributed by atoms with E-state index in [0.29, 0.717) is 24.0 Å². The summed E-state index contributed by atoms with van der Waals surface area (Å²) in [5.74, 6) is 0.793. The molecule has 88 valence electrons. The minimum absolute atomic E-state index is 0.0117. The monoisotopic (exact) mass is 294 g/mol. The van der Waals surface area contributed by atoms with E-state index in [9.17, 15) is 4.79 Å². The molecule has 0 amide bonds. The quantitative estimate of drug-likeness (QED) is 0.428. The third kappa shape index (κ3) is 8.81. The zero-order valence-electron chi connectivity index (χ0n) is 9.25. The van der Waals surface area contributed by atoms with Gasteiger partial charge in [0.15, 0.2) is 5.11 Å². The molecule has 15 heavy (non-hydrogen) atoms. The highest BCUT2D eigenvalue weighted by atomic mass is 79.9. The molecular weight excluding hydrogens is 276 g/mol. The van der Waals surface area contributed by atoms with Crippen LogP contribution in [0.2, 0.25) is 0 Å². The summed E-state index contributed by atoms with van der Waals surface area (Å²) in [6.07, 6.45) is 2.23. The van der Waals surface area contributed by atoms with Gasteiger partial charge in [-0.15, -0.1) is 0 Å². The molecule has 0 aliphatic rings. The summed E-state index contributed by atoms with van der Waals surface area (Å²) in [6, 6.07) is 0. The Morgan fingerprint density at radius 3 is 2.60 bits per heavy atom. The smallest absolute Gasteiger partial charge is 0.163 e. The third-order valence-electron chi connectivity index (χ3n) is 1.93. The predicted octanol–water partition coefficient (Wildman–Crippen LogP) is 1.98. The second kappa shape index (κ2) is 8.05. The SMILES string of the molecule is CC(C)CC(Br)C(=O)CCCNC(N)=S. The zero-order valence-corrected chi connectivity index (χ0v) is 11.7. The topological polar surface area (TPSA) is 55.1 Å². The normalized spacial score (nSPS) is 12.5. The first-order chi connectivity index (χ1) is 6.93. The van der Waals surface area contributed by atoms with Crippen LogP contribution in [-0.4, -0.2) is 22.3 Å². The molecule has 0 aromatic carbocycles. The fourth-order valence-electron chi connectivity index (χ4n) is 1.18. The molecular formula is C10H19BrN2OS. The number of thiocarbonyl (C=S) groups is 1. The molecule has 0 spiro atoms. The second-order valence-electron chi connectivity index (χ2n) is 3.96. The molecule has 0 saturated carbocycles. The minimum atomic E-state index is -0.0117. The number of carbonyl (C=O) groups excluding carboxylic acids is 1. The van der Waals surface area contributed by atoms with E-state index < -0.39 is 0 Å². The van der Waals surface area contributed by atoms with Gasteiger partial charge in [0.1, 0.15) is 5.78 Å². The van der Waals surface area contributed by atoms with Gasteiger partial charge in [-0.1, -0.05) is 29.8 Å². The second-order valence-corrected chi connectivity index (χ2v) is 5.50. The highest BCUT2D eigenvalue weighted by molar-refractivity contribution is 9.10. The number of nitrogens with two attached hydrogens (primary N) is 1. The number of hydrogen-bond donors (Lipinski definition) is 2. The number of halogens is 1. The van der Waals surface area contributed by atoms with Crippen molar-refractivity contribution in [2.24, 2.45) is 11.7 Å². The summed E-state index contributed by atoms with van der Waals surface area (Å²) in [5.41, 5.74) is 5.26. The third-order valence-corrected chi connectivity index (χ3v) is 2.96. The zero-order chi connectivity index (χ0) is 11.8. The predicted molar refractivity (Wildman–Crippen MR) is 71.2 cm³/mol. The molecule has 0 rings (SSSR count). The Morgan fingerprint density at radius 1 is 1.53 bits per heavy atom. The van der Waals surface area contributed by atoms with E-state index in [0.717, 1.165) is 12.8 Å². The Hall–Kier alpha value is -0.160. The Labute approximate surface area is 105 Å². The van der Waals surface area contributed by atoms with E-state index in [2.05, 4.69) is 47.3 Å². The van der Waals surface area contributed by atoms with Crippen LogP contribution < -0.4 is 11.1 Å². The molecule has 0 bridgehead atoms. The van der Waals surface area contributed by atoms with Crippen LogP contribution in [0.25, 0.3) is 0 Å². The highest BCUT2D eigenvalue weighted by Crippen LogP contribution is 2.15. The molecule has 0 aliphatic carbocycles. The number of rotatable bonds is 7. The van der Waals surface area contributed by atoms with Crippen LogP contribution >= 0.6 is 28.1 Å². The van der Waals surface area contributed by atoms with Gasteiger partial charge in [-0.3, -0.25) is 4.79 Å². The molecule has 1 unspecified atom stereocenters. The van der Waals surface area contributed by atoms with Crippen LogP contribution in [0, 0.1) is 5.92 Å². The van der Waals surface area contributed by atoms with Crippen molar-refractivity contribution in [1.29, 1.82) is 0 Å².